The van der Waals surface area contributed by atoms with Gasteiger partial charge in [0, 0.05) is 12.6 Å². The fourth-order valence-electron chi connectivity index (χ4n) is 3.90. The molecule has 3 amide bonds. The summed E-state index contributed by atoms with van der Waals surface area (Å²) in [6.45, 7) is 4.57. The summed E-state index contributed by atoms with van der Waals surface area (Å²) in [6.07, 6.45) is 5.12. The summed E-state index contributed by atoms with van der Waals surface area (Å²) in [4.78, 5) is 37.5. The van der Waals surface area contributed by atoms with Gasteiger partial charge in [0.2, 0.25) is 0 Å². The number of carbonyl (C=O) groups is 3. The van der Waals surface area contributed by atoms with Crippen molar-refractivity contribution < 1.29 is 14.4 Å². The first-order valence-electron chi connectivity index (χ1n) is 11.0. The van der Waals surface area contributed by atoms with E-state index >= 15 is 0 Å². The molecule has 2 atom stereocenters. The zero-order valence-electron chi connectivity index (χ0n) is 18.2. The molecule has 0 heterocycles. The van der Waals surface area contributed by atoms with Crippen molar-refractivity contribution >= 4 is 23.4 Å². The summed E-state index contributed by atoms with van der Waals surface area (Å²) in [5, 5.41) is 8.32. The molecule has 6 heteroatoms. The number of anilines is 1. The summed E-state index contributed by atoms with van der Waals surface area (Å²) >= 11 is 0. The van der Waals surface area contributed by atoms with Crippen LogP contribution in [0.2, 0.25) is 0 Å². The van der Waals surface area contributed by atoms with E-state index < -0.39 is 11.8 Å². The number of amides is 3. The Morgan fingerprint density at radius 3 is 2.29 bits per heavy atom. The minimum atomic E-state index is -0.756. The van der Waals surface area contributed by atoms with Gasteiger partial charge in [0.15, 0.2) is 0 Å². The predicted molar refractivity (Wildman–Crippen MR) is 122 cm³/mol. The molecule has 0 saturated heterocycles. The van der Waals surface area contributed by atoms with Crippen LogP contribution >= 0.6 is 0 Å². The predicted octanol–water partition coefficient (Wildman–Crippen LogP) is 3.81. The Morgan fingerprint density at radius 2 is 1.58 bits per heavy atom. The van der Waals surface area contributed by atoms with Crippen molar-refractivity contribution in [1.82, 2.24) is 10.6 Å². The van der Waals surface area contributed by atoms with Crippen LogP contribution in [0.3, 0.4) is 0 Å². The molecule has 3 N–H and O–H groups in total. The quantitative estimate of drug-likeness (QED) is 0.620. The second kappa shape index (κ2) is 10.8. The lowest BCUT2D eigenvalue weighted by Crippen LogP contribution is -2.46. The second-order valence-corrected chi connectivity index (χ2v) is 8.19. The Bertz CT molecular complexity index is 924. The van der Waals surface area contributed by atoms with Gasteiger partial charge in [-0.3, -0.25) is 14.4 Å². The molecule has 164 valence electrons. The molecule has 1 aliphatic carbocycles. The highest BCUT2D eigenvalue weighted by atomic mass is 16.2. The summed E-state index contributed by atoms with van der Waals surface area (Å²) in [5.41, 5.74) is 2.87. The molecule has 1 aliphatic rings. The van der Waals surface area contributed by atoms with Gasteiger partial charge in [-0.1, -0.05) is 63.1 Å². The summed E-state index contributed by atoms with van der Waals surface area (Å²) in [5.74, 6) is -1.37. The van der Waals surface area contributed by atoms with Gasteiger partial charge in [0.05, 0.1) is 11.3 Å². The monoisotopic (exact) mass is 421 g/mol. The molecule has 0 spiro atoms. The molecule has 1 saturated carbocycles. The maximum absolute atomic E-state index is 12.7. The molecule has 0 radical (unpaired) electrons. The third kappa shape index (κ3) is 6.17. The van der Waals surface area contributed by atoms with Crippen LogP contribution in [-0.2, 0) is 22.6 Å². The maximum Gasteiger partial charge on any atom is 0.313 e. The zero-order chi connectivity index (χ0) is 22.2. The van der Waals surface area contributed by atoms with E-state index in [1.54, 1.807) is 24.3 Å². The SMILES string of the molecule is CCc1ccc(CNC(=O)c2ccccc2NC(=O)C(=O)N[C@@H]2CCCC[C@H]2C)cc1. The summed E-state index contributed by atoms with van der Waals surface area (Å²) in [7, 11) is 0. The summed E-state index contributed by atoms with van der Waals surface area (Å²) in [6, 6.07) is 14.8. The fraction of sp³-hybridized carbons (Fsp3) is 0.400. The van der Waals surface area contributed by atoms with Crippen molar-refractivity contribution in [3.8, 4) is 0 Å². The molecule has 2 aromatic carbocycles. The van der Waals surface area contributed by atoms with E-state index in [2.05, 4.69) is 29.8 Å². The van der Waals surface area contributed by atoms with Crippen LogP contribution in [0, 0.1) is 5.92 Å². The van der Waals surface area contributed by atoms with E-state index in [4.69, 9.17) is 0 Å². The zero-order valence-corrected chi connectivity index (χ0v) is 18.2. The van der Waals surface area contributed by atoms with Gasteiger partial charge in [0.1, 0.15) is 0 Å². The van der Waals surface area contributed by atoms with E-state index in [-0.39, 0.29) is 11.9 Å². The number of hydrogen-bond donors (Lipinski definition) is 3. The molecule has 6 nitrogen and oxygen atoms in total. The Hall–Kier alpha value is -3.15. The number of aryl methyl sites for hydroxylation is 1. The van der Waals surface area contributed by atoms with Gasteiger partial charge in [-0.25, -0.2) is 0 Å². The Morgan fingerprint density at radius 1 is 0.903 bits per heavy atom. The van der Waals surface area contributed by atoms with E-state index in [1.165, 1.54) is 5.56 Å². The first-order valence-corrected chi connectivity index (χ1v) is 11.0. The molecule has 0 aliphatic heterocycles. The van der Waals surface area contributed by atoms with E-state index in [0.717, 1.165) is 37.7 Å². The minimum absolute atomic E-state index is 0.0182. The van der Waals surface area contributed by atoms with Crippen molar-refractivity contribution in [2.24, 2.45) is 5.92 Å². The number of para-hydroxylation sites is 1. The highest BCUT2D eigenvalue weighted by Crippen LogP contribution is 2.23. The number of benzene rings is 2. The fourth-order valence-corrected chi connectivity index (χ4v) is 3.90. The van der Waals surface area contributed by atoms with Gasteiger partial charge in [-0.2, -0.15) is 0 Å². The van der Waals surface area contributed by atoms with Gasteiger partial charge in [0.25, 0.3) is 5.91 Å². The normalized spacial score (nSPS) is 18.1. The smallest absolute Gasteiger partial charge is 0.313 e. The van der Waals surface area contributed by atoms with Crippen LogP contribution in [0.1, 0.15) is 61.0 Å². The highest BCUT2D eigenvalue weighted by molar-refractivity contribution is 6.40. The Labute approximate surface area is 183 Å². The molecule has 0 aromatic heterocycles. The Kier molecular flexibility index (Phi) is 7.82. The summed E-state index contributed by atoms with van der Waals surface area (Å²) < 4.78 is 0. The van der Waals surface area contributed by atoms with Crippen LogP contribution < -0.4 is 16.0 Å². The average Bonchev–Trinajstić information content (AvgIpc) is 2.79. The average molecular weight is 422 g/mol. The number of rotatable bonds is 6. The van der Waals surface area contributed by atoms with Crippen molar-refractivity contribution in [3.63, 3.8) is 0 Å². The van der Waals surface area contributed by atoms with Crippen LogP contribution in [0.15, 0.2) is 48.5 Å². The Balaban J connectivity index is 1.60. The van der Waals surface area contributed by atoms with E-state index in [0.29, 0.717) is 23.7 Å². The number of nitrogens with one attached hydrogen (secondary N) is 3. The standard InChI is InChI=1S/C25H31N3O3/c1-3-18-12-14-19(15-13-18)16-26-23(29)20-9-5-7-11-22(20)28-25(31)24(30)27-21-10-6-4-8-17(21)2/h5,7,9,11-15,17,21H,3-4,6,8,10,16H2,1-2H3,(H,26,29)(H,27,30)(H,28,31)/t17-,21-/m1/s1. The molecule has 31 heavy (non-hydrogen) atoms. The molecule has 3 rings (SSSR count). The first-order chi connectivity index (χ1) is 15.0. The van der Waals surface area contributed by atoms with Crippen molar-refractivity contribution in [1.29, 1.82) is 0 Å². The van der Waals surface area contributed by atoms with Gasteiger partial charge < -0.3 is 16.0 Å². The van der Waals surface area contributed by atoms with Gasteiger partial charge in [-0.15, -0.1) is 0 Å². The maximum atomic E-state index is 12.7. The third-order valence-electron chi connectivity index (χ3n) is 5.94. The third-order valence-corrected chi connectivity index (χ3v) is 5.94. The van der Waals surface area contributed by atoms with Crippen LogP contribution in [-0.4, -0.2) is 23.8 Å². The molecule has 0 bridgehead atoms. The molecule has 1 fully saturated rings. The number of hydrogen-bond acceptors (Lipinski definition) is 3. The molecule has 2 aromatic rings. The van der Waals surface area contributed by atoms with Crippen molar-refractivity contribution in [2.45, 2.75) is 58.5 Å². The van der Waals surface area contributed by atoms with Crippen LogP contribution in [0.25, 0.3) is 0 Å². The number of carbonyl (C=O) groups excluding carboxylic acids is 3. The highest BCUT2D eigenvalue weighted by Gasteiger charge is 2.26. The largest absolute Gasteiger partial charge is 0.348 e. The molecular weight excluding hydrogens is 390 g/mol. The first kappa shape index (κ1) is 22.5. The van der Waals surface area contributed by atoms with Gasteiger partial charge >= 0.3 is 11.8 Å². The van der Waals surface area contributed by atoms with E-state index in [9.17, 15) is 14.4 Å². The molecular formula is C25H31N3O3. The van der Waals surface area contributed by atoms with E-state index in [1.807, 2.05) is 24.3 Å². The lowest BCUT2D eigenvalue weighted by Gasteiger charge is -2.29. The lowest BCUT2D eigenvalue weighted by atomic mass is 9.86. The van der Waals surface area contributed by atoms with Gasteiger partial charge in [-0.05, 0) is 48.4 Å². The van der Waals surface area contributed by atoms with Crippen LogP contribution in [0.5, 0.6) is 0 Å². The van der Waals surface area contributed by atoms with Crippen LogP contribution in [0.4, 0.5) is 5.69 Å². The second-order valence-electron chi connectivity index (χ2n) is 8.19. The lowest BCUT2D eigenvalue weighted by molar-refractivity contribution is -0.137. The van der Waals surface area contributed by atoms with Crippen molar-refractivity contribution in [3.05, 3.63) is 65.2 Å². The molecule has 0 unspecified atom stereocenters. The van der Waals surface area contributed by atoms with Crippen molar-refractivity contribution in [2.75, 3.05) is 5.32 Å². The topological polar surface area (TPSA) is 87.3 Å². The minimum Gasteiger partial charge on any atom is -0.348 e.